The number of sulfonamides is 1. The normalized spacial score (nSPS) is 14.8. The van der Waals surface area contributed by atoms with Crippen molar-refractivity contribution in [1.29, 1.82) is 0 Å². The first-order valence-electron chi connectivity index (χ1n) is 12.3. The summed E-state index contributed by atoms with van der Waals surface area (Å²) in [5.74, 6) is -0.921. The molecule has 1 saturated heterocycles. The molecule has 0 amide bonds. The molecule has 1 aliphatic rings. The molecule has 1 fully saturated rings. The van der Waals surface area contributed by atoms with E-state index < -0.39 is 22.6 Å². The van der Waals surface area contributed by atoms with Gasteiger partial charge in [0.15, 0.2) is 6.61 Å². The van der Waals surface area contributed by atoms with Gasteiger partial charge in [-0.3, -0.25) is 4.79 Å². The first-order chi connectivity index (χ1) is 17.7. The molecule has 1 aliphatic heterocycles. The minimum absolute atomic E-state index is 0.0464. The first kappa shape index (κ1) is 27.1. The number of esters is 1. The van der Waals surface area contributed by atoms with E-state index in [9.17, 15) is 18.0 Å². The lowest BCUT2D eigenvalue weighted by molar-refractivity contribution is 0.0474. The smallest absolute Gasteiger partial charge is 0.338 e. The minimum Gasteiger partial charge on any atom is -0.495 e. The molecule has 1 aromatic carbocycles. The van der Waals surface area contributed by atoms with Crippen molar-refractivity contribution in [3.63, 3.8) is 0 Å². The standard InChI is InChI=1S/C27H32N2O6S2/c1-19-15-23(20(2)29(19)17-22-9-8-14-36-22)24(30)18-35-27(31)21-10-11-25(34-3)26(16-21)37(32,33)28-12-6-4-5-7-13-28/h8-11,14-16H,4-7,12-13,17-18H2,1-3H3. The van der Waals surface area contributed by atoms with Crippen LogP contribution in [0.25, 0.3) is 0 Å². The maximum absolute atomic E-state index is 13.4. The van der Waals surface area contributed by atoms with Crippen molar-refractivity contribution >= 4 is 33.1 Å². The Labute approximate surface area is 221 Å². The first-order valence-corrected chi connectivity index (χ1v) is 14.6. The van der Waals surface area contributed by atoms with E-state index in [0.29, 0.717) is 25.2 Å². The second kappa shape index (κ2) is 11.6. The molecular formula is C27H32N2O6S2. The van der Waals surface area contributed by atoms with E-state index in [2.05, 4.69) is 4.57 Å². The topological polar surface area (TPSA) is 94.9 Å². The van der Waals surface area contributed by atoms with Gasteiger partial charge >= 0.3 is 5.97 Å². The highest BCUT2D eigenvalue weighted by Crippen LogP contribution is 2.30. The van der Waals surface area contributed by atoms with Crippen molar-refractivity contribution in [2.75, 3.05) is 26.8 Å². The fourth-order valence-corrected chi connectivity index (χ4v) is 6.99. The lowest BCUT2D eigenvalue weighted by atomic mass is 10.1. The maximum atomic E-state index is 13.4. The highest BCUT2D eigenvalue weighted by molar-refractivity contribution is 7.89. The second-order valence-electron chi connectivity index (χ2n) is 9.13. The molecule has 0 N–H and O–H groups in total. The molecule has 4 rings (SSSR count). The molecule has 2 aromatic heterocycles. The summed E-state index contributed by atoms with van der Waals surface area (Å²) in [6.45, 7) is 4.90. The van der Waals surface area contributed by atoms with Crippen LogP contribution in [-0.2, 0) is 21.3 Å². The Balaban J connectivity index is 1.49. The van der Waals surface area contributed by atoms with E-state index in [4.69, 9.17) is 9.47 Å². The zero-order chi connectivity index (χ0) is 26.6. The molecule has 0 spiro atoms. The molecule has 0 aliphatic carbocycles. The third-order valence-corrected chi connectivity index (χ3v) is 9.47. The summed E-state index contributed by atoms with van der Waals surface area (Å²) in [5.41, 5.74) is 2.30. The van der Waals surface area contributed by atoms with E-state index >= 15 is 0 Å². The molecule has 198 valence electrons. The zero-order valence-corrected chi connectivity index (χ0v) is 23.0. The SMILES string of the molecule is COc1ccc(C(=O)OCC(=O)c2cc(C)n(Cc3cccs3)c2C)cc1S(=O)(=O)N1CCCCCC1. The van der Waals surface area contributed by atoms with Crippen molar-refractivity contribution in [3.8, 4) is 5.75 Å². The highest BCUT2D eigenvalue weighted by Gasteiger charge is 2.29. The highest BCUT2D eigenvalue weighted by atomic mass is 32.2. The van der Waals surface area contributed by atoms with Crippen LogP contribution in [0.1, 0.15) is 62.7 Å². The maximum Gasteiger partial charge on any atom is 0.338 e. The van der Waals surface area contributed by atoms with Crippen molar-refractivity contribution < 1.29 is 27.5 Å². The molecule has 10 heteroatoms. The zero-order valence-electron chi connectivity index (χ0n) is 21.4. The third-order valence-electron chi connectivity index (χ3n) is 6.68. The van der Waals surface area contributed by atoms with Gasteiger partial charge in [-0.15, -0.1) is 11.3 Å². The van der Waals surface area contributed by atoms with E-state index in [1.165, 1.54) is 34.5 Å². The quantitative estimate of drug-likeness (QED) is 0.283. The van der Waals surface area contributed by atoms with Gasteiger partial charge in [-0.2, -0.15) is 4.31 Å². The average molecular weight is 545 g/mol. The molecular weight excluding hydrogens is 512 g/mol. The number of ketones is 1. The van der Waals surface area contributed by atoms with Gasteiger partial charge in [-0.25, -0.2) is 13.2 Å². The predicted octanol–water partition coefficient (Wildman–Crippen LogP) is 4.83. The van der Waals surface area contributed by atoms with Gasteiger partial charge in [0, 0.05) is 34.9 Å². The number of carbonyl (C=O) groups is 2. The number of rotatable bonds is 9. The van der Waals surface area contributed by atoms with Crippen LogP contribution in [0, 0.1) is 13.8 Å². The lowest BCUT2D eigenvalue weighted by Crippen LogP contribution is -2.32. The average Bonchev–Trinajstić information content (AvgIpc) is 3.39. The van der Waals surface area contributed by atoms with Gasteiger partial charge in [-0.1, -0.05) is 18.9 Å². The number of Topliss-reactive ketones (excluding diaryl/α,β-unsaturated/α-hetero) is 1. The van der Waals surface area contributed by atoms with E-state index in [1.54, 1.807) is 17.4 Å². The van der Waals surface area contributed by atoms with Crippen LogP contribution in [0.2, 0.25) is 0 Å². The van der Waals surface area contributed by atoms with Gasteiger partial charge < -0.3 is 14.0 Å². The van der Waals surface area contributed by atoms with E-state index in [1.807, 2.05) is 31.4 Å². The van der Waals surface area contributed by atoms with Gasteiger partial charge in [-0.05, 0) is 62.4 Å². The Morgan fingerprint density at radius 3 is 2.41 bits per heavy atom. The third kappa shape index (κ3) is 5.97. The van der Waals surface area contributed by atoms with E-state index in [-0.39, 0.29) is 22.0 Å². The number of aryl methyl sites for hydroxylation is 1. The molecule has 0 radical (unpaired) electrons. The van der Waals surface area contributed by atoms with Crippen LogP contribution < -0.4 is 4.74 Å². The van der Waals surface area contributed by atoms with Crippen molar-refractivity contribution in [2.24, 2.45) is 0 Å². The van der Waals surface area contributed by atoms with Gasteiger partial charge in [0.1, 0.15) is 10.6 Å². The minimum atomic E-state index is -3.86. The number of thiophene rings is 1. The molecule has 0 unspecified atom stereocenters. The lowest BCUT2D eigenvalue weighted by Gasteiger charge is -2.21. The van der Waals surface area contributed by atoms with Crippen LogP contribution >= 0.6 is 11.3 Å². The molecule has 37 heavy (non-hydrogen) atoms. The van der Waals surface area contributed by atoms with Crippen LogP contribution in [0.15, 0.2) is 46.7 Å². The number of carbonyl (C=O) groups excluding carboxylic acids is 2. The number of nitrogens with zero attached hydrogens (tertiary/aromatic N) is 2. The summed E-state index contributed by atoms with van der Waals surface area (Å²) < 4.78 is 40.9. The molecule has 0 bridgehead atoms. The molecule has 8 nitrogen and oxygen atoms in total. The summed E-state index contributed by atoms with van der Waals surface area (Å²) in [6.07, 6.45) is 3.55. The Morgan fingerprint density at radius 1 is 1.03 bits per heavy atom. The van der Waals surface area contributed by atoms with E-state index in [0.717, 1.165) is 37.1 Å². The Kier molecular flexibility index (Phi) is 8.51. The fourth-order valence-electron chi connectivity index (χ4n) is 4.60. The monoisotopic (exact) mass is 544 g/mol. The summed E-state index contributed by atoms with van der Waals surface area (Å²) in [5, 5.41) is 2.01. The summed E-state index contributed by atoms with van der Waals surface area (Å²) in [7, 11) is -2.46. The summed E-state index contributed by atoms with van der Waals surface area (Å²) >= 11 is 1.65. The Morgan fingerprint density at radius 2 is 1.76 bits per heavy atom. The van der Waals surface area contributed by atoms with Crippen LogP contribution in [0.5, 0.6) is 5.75 Å². The number of aromatic nitrogens is 1. The fraction of sp³-hybridized carbons (Fsp3) is 0.407. The van der Waals surface area contributed by atoms with Crippen LogP contribution in [-0.4, -0.2) is 55.8 Å². The van der Waals surface area contributed by atoms with Gasteiger partial charge in [0.25, 0.3) is 0 Å². The number of hydrogen-bond donors (Lipinski definition) is 0. The summed E-state index contributed by atoms with van der Waals surface area (Å²) in [6, 6.07) is 10.0. The molecule has 0 saturated carbocycles. The molecule has 3 aromatic rings. The number of benzene rings is 1. The summed E-state index contributed by atoms with van der Waals surface area (Å²) in [4.78, 5) is 26.9. The van der Waals surface area contributed by atoms with Crippen LogP contribution in [0.3, 0.4) is 0 Å². The largest absolute Gasteiger partial charge is 0.495 e. The van der Waals surface area contributed by atoms with Crippen molar-refractivity contribution in [2.45, 2.75) is 51.0 Å². The van der Waals surface area contributed by atoms with Gasteiger partial charge in [0.2, 0.25) is 15.8 Å². The van der Waals surface area contributed by atoms with Gasteiger partial charge in [0.05, 0.1) is 19.2 Å². The number of ether oxygens (including phenoxy) is 2. The van der Waals surface area contributed by atoms with Crippen LogP contribution in [0.4, 0.5) is 0 Å². The Hall–Kier alpha value is -2.95. The molecule has 0 atom stereocenters. The van der Waals surface area contributed by atoms with Crippen molar-refractivity contribution in [3.05, 3.63) is 69.2 Å². The second-order valence-corrected chi connectivity index (χ2v) is 12.1. The number of methoxy groups -OCH3 is 1. The predicted molar refractivity (Wildman–Crippen MR) is 142 cm³/mol. The number of hydrogen-bond acceptors (Lipinski definition) is 7. The van der Waals surface area contributed by atoms with Crippen molar-refractivity contribution in [1.82, 2.24) is 8.87 Å². The Bertz CT molecular complexity index is 1370. The molecule has 3 heterocycles.